The zero-order valence-electron chi connectivity index (χ0n) is 18.3. The second-order valence-corrected chi connectivity index (χ2v) is 9.91. The third kappa shape index (κ3) is 6.64. The Morgan fingerprint density at radius 3 is 2.31 bits per heavy atom. The van der Waals surface area contributed by atoms with Crippen LogP contribution in [-0.4, -0.2) is 44.3 Å². The summed E-state index contributed by atoms with van der Waals surface area (Å²) in [6.45, 7) is 2.66. The van der Waals surface area contributed by atoms with Crippen molar-refractivity contribution >= 4 is 21.9 Å². The van der Waals surface area contributed by atoms with Gasteiger partial charge in [-0.2, -0.15) is 4.31 Å². The number of esters is 1. The van der Waals surface area contributed by atoms with E-state index in [-0.39, 0.29) is 29.9 Å². The molecular weight excluding hydrogens is 428 g/mol. The van der Waals surface area contributed by atoms with Gasteiger partial charge in [-0.1, -0.05) is 48.9 Å². The lowest BCUT2D eigenvalue weighted by molar-refractivity contribution is -0.148. The molecule has 8 heteroatoms. The van der Waals surface area contributed by atoms with Gasteiger partial charge in [0.2, 0.25) is 10.0 Å². The van der Waals surface area contributed by atoms with E-state index >= 15 is 0 Å². The average molecular weight is 459 g/mol. The Morgan fingerprint density at radius 1 is 1.00 bits per heavy atom. The number of carbonyl (C=O) groups excluding carboxylic acids is 2. The van der Waals surface area contributed by atoms with Crippen LogP contribution in [0.4, 0.5) is 0 Å². The van der Waals surface area contributed by atoms with Crippen molar-refractivity contribution in [1.82, 2.24) is 9.62 Å². The molecule has 0 saturated carbocycles. The van der Waals surface area contributed by atoms with Gasteiger partial charge in [0, 0.05) is 19.5 Å². The molecule has 2 aromatic rings. The molecule has 7 nitrogen and oxygen atoms in total. The number of nitrogens with one attached hydrogen (secondary N) is 1. The molecule has 1 aliphatic heterocycles. The van der Waals surface area contributed by atoms with Gasteiger partial charge >= 0.3 is 5.97 Å². The van der Waals surface area contributed by atoms with Gasteiger partial charge in [-0.05, 0) is 49.4 Å². The first kappa shape index (κ1) is 23.9. The van der Waals surface area contributed by atoms with Crippen molar-refractivity contribution in [3.05, 3.63) is 65.7 Å². The van der Waals surface area contributed by atoms with E-state index in [0.29, 0.717) is 19.5 Å². The predicted octanol–water partition coefficient (Wildman–Crippen LogP) is 3.21. The molecule has 0 unspecified atom stereocenters. The molecule has 3 rings (SSSR count). The highest BCUT2D eigenvalue weighted by Gasteiger charge is 2.25. The maximum absolute atomic E-state index is 12.7. The van der Waals surface area contributed by atoms with E-state index in [1.54, 1.807) is 24.3 Å². The Labute approximate surface area is 189 Å². The van der Waals surface area contributed by atoms with Crippen molar-refractivity contribution in [2.24, 2.45) is 0 Å². The molecule has 32 heavy (non-hydrogen) atoms. The smallest absolute Gasteiger partial charge is 0.306 e. The summed E-state index contributed by atoms with van der Waals surface area (Å²) in [5, 5.41) is 2.80. The van der Waals surface area contributed by atoms with Crippen molar-refractivity contribution in [2.45, 2.75) is 50.0 Å². The minimum atomic E-state index is -3.46. The number of amides is 1. The molecular formula is C24H30N2O5S. The molecule has 0 aliphatic carbocycles. The fourth-order valence-corrected chi connectivity index (χ4v) is 5.17. The summed E-state index contributed by atoms with van der Waals surface area (Å²) in [6.07, 6.45) is 3.37. The number of hydrogen-bond acceptors (Lipinski definition) is 5. The van der Waals surface area contributed by atoms with Gasteiger partial charge in [-0.25, -0.2) is 8.42 Å². The number of ether oxygens (including phenoxy) is 1. The van der Waals surface area contributed by atoms with E-state index < -0.39 is 16.0 Å². The van der Waals surface area contributed by atoms with Crippen LogP contribution >= 0.6 is 0 Å². The van der Waals surface area contributed by atoms with E-state index in [9.17, 15) is 18.0 Å². The van der Waals surface area contributed by atoms with Crippen molar-refractivity contribution in [3.8, 4) is 0 Å². The Bertz CT molecular complexity index is 1000. The number of hydrogen-bond donors (Lipinski definition) is 1. The maximum Gasteiger partial charge on any atom is 0.306 e. The highest BCUT2D eigenvalue weighted by molar-refractivity contribution is 7.89. The lowest BCUT2D eigenvalue weighted by Crippen LogP contribution is -2.35. The van der Waals surface area contributed by atoms with Gasteiger partial charge < -0.3 is 10.1 Å². The SMILES string of the molecule is C[C@@H](NC(=O)COC(=O)CCc1ccc(S(=O)(=O)N2CCCCC2)cc1)c1ccccc1. The quantitative estimate of drug-likeness (QED) is 0.583. The first-order valence-electron chi connectivity index (χ1n) is 11.0. The van der Waals surface area contributed by atoms with E-state index in [2.05, 4.69) is 5.32 Å². The first-order chi connectivity index (χ1) is 15.4. The fourth-order valence-electron chi connectivity index (χ4n) is 3.66. The van der Waals surface area contributed by atoms with E-state index in [4.69, 9.17) is 4.74 Å². The monoisotopic (exact) mass is 458 g/mol. The molecule has 0 radical (unpaired) electrons. The zero-order valence-corrected chi connectivity index (χ0v) is 19.1. The van der Waals surface area contributed by atoms with Gasteiger partial charge in [0.05, 0.1) is 10.9 Å². The van der Waals surface area contributed by atoms with Gasteiger partial charge in [-0.15, -0.1) is 0 Å². The number of aryl methyl sites for hydroxylation is 1. The van der Waals surface area contributed by atoms with Crippen LogP contribution < -0.4 is 5.32 Å². The average Bonchev–Trinajstić information content (AvgIpc) is 2.82. The number of carbonyl (C=O) groups is 2. The van der Waals surface area contributed by atoms with Gasteiger partial charge in [0.15, 0.2) is 6.61 Å². The second kappa shape index (κ2) is 11.2. The zero-order chi connectivity index (χ0) is 23.0. The Balaban J connectivity index is 1.42. The Morgan fingerprint density at radius 2 is 1.66 bits per heavy atom. The molecule has 1 amide bonds. The van der Waals surface area contributed by atoms with E-state index in [1.165, 1.54) is 4.31 Å². The summed E-state index contributed by atoms with van der Waals surface area (Å²) in [6, 6.07) is 16.0. The number of benzene rings is 2. The molecule has 1 atom stereocenters. The lowest BCUT2D eigenvalue weighted by atomic mass is 10.1. The minimum Gasteiger partial charge on any atom is -0.456 e. The highest BCUT2D eigenvalue weighted by atomic mass is 32.2. The number of piperidine rings is 1. The predicted molar refractivity (Wildman–Crippen MR) is 121 cm³/mol. The molecule has 0 bridgehead atoms. The van der Waals surface area contributed by atoms with Crippen LogP contribution in [0.3, 0.4) is 0 Å². The summed E-state index contributed by atoms with van der Waals surface area (Å²) in [4.78, 5) is 24.3. The summed E-state index contributed by atoms with van der Waals surface area (Å²) < 4.78 is 32.0. The molecule has 1 fully saturated rings. The van der Waals surface area contributed by atoms with E-state index in [1.807, 2.05) is 37.3 Å². The Kier molecular flexibility index (Phi) is 8.41. The number of nitrogens with zero attached hydrogens (tertiary/aromatic N) is 1. The van der Waals surface area contributed by atoms with Crippen molar-refractivity contribution < 1.29 is 22.7 Å². The molecule has 1 aliphatic rings. The normalized spacial score (nSPS) is 15.7. The molecule has 2 aromatic carbocycles. The third-order valence-electron chi connectivity index (χ3n) is 5.54. The maximum atomic E-state index is 12.7. The van der Waals surface area contributed by atoms with Crippen LogP contribution in [0.1, 0.15) is 49.8 Å². The van der Waals surface area contributed by atoms with Gasteiger partial charge in [0.1, 0.15) is 0 Å². The summed E-state index contributed by atoms with van der Waals surface area (Å²) in [5.74, 6) is -0.834. The summed E-state index contributed by atoms with van der Waals surface area (Å²) in [7, 11) is -3.46. The van der Waals surface area contributed by atoms with Crippen molar-refractivity contribution in [3.63, 3.8) is 0 Å². The van der Waals surface area contributed by atoms with Gasteiger partial charge in [-0.3, -0.25) is 9.59 Å². The number of sulfonamides is 1. The molecule has 1 saturated heterocycles. The van der Waals surface area contributed by atoms with Crippen LogP contribution in [0, 0.1) is 0 Å². The minimum absolute atomic E-state index is 0.111. The van der Waals surface area contributed by atoms with Crippen LogP contribution in [0.5, 0.6) is 0 Å². The third-order valence-corrected chi connectivity index (χ3v) is 7.45. The lowest BCUT2D eigenvalue weighted by Gasteiger charge is -2.25. The number of rotatable bonds is 9. The standard InChI is InChI=1S/C24H30N2O5S/c1-19(21-8-4-2-5-9-21)25-23(27)18-31-24(28)15-12-20-10-13-22(14-11-20)32(29,30)26-16-6-3-7-17-26/h2,4-5,8-11,13-14,19H,3,6-7,12,15-18H2,1H3,(H,25,27)/t19-/m1/s1. The molecule has 0 aromatic heterocycles. The fraction of sp³-hybridized carbons (Fsp3) is 0.417. The molecule has 1 heterocycles. The second-order valence-electron chi connectivity index (χ2n) is 7.97. The molecule has 1 N–H and O–H groups in total. The van der Waals surface area contributed by atoms with E-state index in [0.717, 1.165) is 30.4 Å². The van der Waals surface area contributed by atoms with Crippen LogP contribution in [0.25, 0.3) is 0 Å². The topological polar surface area (TPSA) is 92.8 Å². The summed E-state index contributed by atoms with van der Waals surface area (Å²) in [5.41, 5.74) is 1.81. The first-order valence-corrected chi connectivity index (χ1v) is 12.4. The summed E-state index contributed by atoms with van der Waals surface area (Å²) >= 11 is 0. The van der Waals surface area contributed by atoms with Gasteiger partial charge in [0.25, 0.3) is 5.91 Å². The van der Waals surface area contributed by atoms with Crippen LogP contribution in [-0.2, 0) is 30.8 Å². The Hall–Kier alpha value is -2.71. The van der Waals surface area contributed by atoms with Crippen molar-refractivity contribution in [2.75, 3.05) is 19.7 Å². The largest absolute Gasteiger partial charge is 0.456 e. The van der Waals surface area contributed by atoms with Crippen LogP contribution in [0.15, 0.2) is 59.5 Å². The van der Waals surface area contributed by atoms with Crippen molar-refractivity contribution in [1.29, 1.82) is 0 Å². The molecule has 172 valence electrons. The van der Waals surface area contributed by atoms with Crippen LogP contribution in [0.2, 0.25) is 0 Å². The molecule has 0 spiro atoms. The highest BCUT2D eigenvalue weighted by Crippen LogP contribution is 2.21.